The van der Waals surface area contributed by atoms with Gasteiger partial charge in [0, 0.05) is 16.8 Å². The highest BCUT2D eigenvalue weighted by Crippen LogP contribution is 2.35. The second kappa shape index (κ2) is 9.52. The number of nitrogens with zero attached hydrogens (tertiary/aromatic N) is 2. The van der Waals surface area contributed by atoms with Crippen molar-refractivity contribution in [1.82, 2.24) is 4.98 Å². The first-order chi connectivity index (χ1) is 14.3. The predicted octanol–water partition coefficient (Wildman–Crippen LogP) is 5.91. The first-order valence-electron chi connectivity index (χ1n) is 9.08. The van der Waals surface area contributed by atoms with Gasteiger partial charge in [0.1, 0.15) is 16.6 Å². The lowest BCUT2D eigenvalue weighted by Gasteiger charge is -2.15. The minimum absolute atomic E-state index is 0.366. The van der Waals surface area contributed by atoms with E-state index in [0.717, 1.165) is 16.8 Å². The molecule has 0 unspecified atom stereocenters. The van der Waals surface area contributed by atoms with Crippen molar-refractivity contribution in [2.24, 2.45) is 0 Å². The van der Waals surface area contributed by atoms with Crippen molar-refractivity contribution in [2.75, 3.05) is 6.61 Å². The molecule has 1 heterocycles. The smallest absolute Gasteiger partial charge is 0.319 e. The molecule has 0 aliphatic rings. The van der Waals surface area contributed by atoms with Crippen LogP contribution in [0.25, 0.3) is 11.1 Å². The summed E-state index contributed by atoms with van der Waals surface area (Å²) in [6.07, 6.45) is 0.564. The fourth-order valence-electron chi connectivity index (χ4n) is 2.54. The maximum absolute atomic E-state index is 11.3. The number of ether oxygens (including phenoxy) is 1. The van der Waals surface area contributed by atoms with E-state index >= 15 is 0 Å². The number of aromatic nitrogens is 1. The second-order valence-electron chi connectivity index (χ2n) is 6.95. The van der Waals surface area contributed by atoms with E-state index in [-0.39, 0.29) is 0 Å². The van der Waals surface area contributed by atoms with Gasteiger partial charge in [0.2, 0.25) is 0 Å². The van der Waals surface area contributed by atoms with Crippen LogP contribution in [0.3, 0.4) is 0 Å². The average molecular weight is 459 g/mol. The molecule has 0 aliphatic heterocycles. The Morgan fingerprint density at radius 1 is 1.27 bits per heavy atom. The zero-order valence-electron chi connectivity index (χ0n) is 16.4. The molecule has 5 nitrogen and oxygen atoms in total. The Morgan fingerprint density at radius 2 is 1.97 bits per heavy atom. The number of nitriles is 1. The molecule has 154 valence electrons. The van der Waals surface area contributed by atoms with Gasteiger partial charge in [0.15, 0.2) is 4.34 Å². The Hall–Kier alpha value is -2.53. The van der Waals surface area contributed by atoms with Gasteiger partial charge in [-0.2, -0.15) is 5.26 Å². The van der Waals surface area contributed by atoms with E-state index in [9.17, 15) is 15.2 Å². The van der Waals surface area contributed by atoms with E-state index in [1.165, 1.54) is 23.1 Å². The molecule has 0 bridgehead atoms. The lowest BCUT2D eigenvalue weighted by Crippen LogP contribution is -2.26. The van der Waals surface area contributed by atoms with E-state index in [0.29, 0.717) is 33.7 Å². The molecular formula is C22H19ClN2O3S2. The first-order valence-corrected chi connectivity index (χ1v) is 11.2. The maximum Gasteiger partial charge on any atom is 0.319 e. The van der Waals surface area contributed by atoms with Crippen LogP contribution in [-0.2, 0) is 11.2 Å². The molecule has 3 rings (SSSR count). The molecule has 0 fully saturated rings. The predicted molar refractivity (Wildman–Crippen MR) is 120 cm³/mol. The van der Waals surface area contributed by atoms with Gasteiger partial charge in [-0.25, -0.2) is 4.98 Å². The van der Waals surface area contributed by atoms with E-state index < -0.39 is 10.7 Å². The SMILES string of the molecule is CC(C)(Sc1nc(CCOc2ccc(-c3ccc(Cl)cc3)cc2C#N)cs1)C(=O)O. The highest BCUT2D eigenvalue weighted by Gasteiger charge is 2.29. The zero-order chi connectivity index (χ0) is 21.7. The number of halogens is 1. The molecule has 0 aliphatic carbocycles. The Kier molecular flexibility index (Phi) is 7.03. The molecule has 0 saturated carbocycles. The monoisotopic (exact) mass is 458 g/mol. The van der Waals surface area contributed by atoms with Crippen LogP contribution in [0, 0.1) is 11.3 Å². The van der Waals surface area contributed by atoms with E-state index in [1.807, 2.05) is 35.7 Å². The number of thiazole rings is 1. The summed E-state index contributed by atoms with van der Waals surface area (Å²) in [4.78, 5) is 15.7. The molecule has 1 aromatic heterocycles. The topological polar surface area (TPSA) is 83.2 Å². The van der Waals surface area contributed by atoms with Crippen LogP contribution in [0.5, 0.6) is 5.75 Å². The van der Waals surface area contributed by atoms with E-state index in [2.05, 4.69) is 11.1 Å². The fourth-order valence-corrected chi connectivity index (χ4v) is 4.89. The maximum atomic E-state index is 11.3. The third-order valence-electron chi connectivity index (χ3n) is 4.28. The highest BCUT2D eigenvalue weighted by atomic mass is 35.5. The van der Waals surface area contributed by atoms with Gasteiger partial charge in [-0.05, 0) is 49.2 Å². The summed E-state index contributed by atoms with van der Waals surface area (Å²) >= 11 is 8.58. The van der Waals surface area contributed by atoms with Gasteiger partial charge in [-0.1, -0.05) is 41.6 Å². The summed E-state index contributed by atoms with van der Waals surface area (Å²) in [5, 5.41) is 21.3. The third-order valence-corrected chi connectivity index (χ3v) is 6.71. The van der Waals surface area contributed by atoms with Crippen molar-refractivity contribution in [3.63, 3.8) is 0 Å². The summed E-state index contributed by atoms with van der Waals surface area (Å²) in [5.74, 6) is -0.356. The first kappa shape index (κ1) is 22.2. The Morgan fingerprint density at radius 3 is 2.63 bits per heavy atom. The molecule has 0 saturated heterocycles. The van der Waals surface area contributed by atoms with Crippen molar-refractivity contribution >= 4 is 40.7 Å². The van der Waals surface area contributed by atoms with Crippen molar-refractivity contribution in [3.05, 3.63) is 64.1 Å². The van der Waals surface area contributed by atoms with Gasteiger partial charge >= 0.3 is 5.97 Å². The number of rotatable bonds is 8. The number of carbonyl (C=O) groups is 1. The second-order valence-corrected chi connectivity index (χ2v) is 10.1. The van der Waals surface area contributed by atoms with Crippen molar-refractivity contribution in [1.29, 1.82) is 5.26 Å². The highest BCUT2D eigenvalue weighted by molar-refractivity contribution is 8.02. The van der Waals surface area contributed by atoms with E-state index in [4.69, 9.17) is 16.3 Å². The molecule has 0 amide bonds. The number of aliphatic carboxylic acids is 1. The summed E-state index contributed by atoms with van der Waals surface area (Å²) in [6.45, 7) is 3.67. The average Bonchev–Trinajstić information content (AvgIpc) is 3.15. The molecule has 0 radical (unpaired) electrons. The fraction of sp³-hybridized carbons (Fsp3) is 0.227. The van der Waals surface area contributed by atoms with Crippen LogP contribution in [0.2, 0.25) is 5.02 Å². The lowest BCUT2D eigenvalue weighted by molar-refractivity contribution is -0.138. The molecule has 0 spiro atoms. The molecule has 0 atom stereocenters. The summed E-state index contributed by atoms with van der Waals surface area (Å²) in [5.41, 5.74) is 3.18. The number of hydrogen-bond donors (Lipinski definition) is 1. The number of benzene rings is 2. The van der Waals surface area contributed by atoms with Gasteiger partial charge < -0.3 is 9.84 Å². The molecule has 3 aromatic rings. The molecule has 1 N–H and O–H groups in total. The number of carboxylic acids is 1. The largest absolute Gasteiger partial charge is 0.492 e. The van der Waals surface area contributed by atoms with Crippen LogP contribution < -0.4 is 4.74 Å². The van der Waals surface area contributed by atoms with Crippen molar-refractivity contribution < 1.29 is 14.6 Å². The Balaban J connectivity index is 1.62. The van der Waals surface area contributed by atoms with Gasteiger partial charge in [0.05, 0.1) is 17.9 Å². The third kappa shape index (κ3) is 5.54. The number of thioether (sulfide) groups is 1. The molecule has 30 heavy (non-hydrogen) atoms. The van der Waals surface area contributed by atoms with Gasteiger partial charge in [-0.3, -0.25) is 4.79 Å². The quantitative estimate of drug-likeness (QED) is 0.422. The van der Waals surface area contributed by atoms with Crippen LogP contribution in [-0.4, -0.2) is 27.4 Å². The minimum atomic E-state index is -0.931. The standard InChI is InChI=1S/C22H19ClN2O3S2/c1-22(2,20(26)27)30-21-25-18(13-29-21)9-10-28-19-8-5-15(11-16(19)12-24)14-3-6-17(23)7-4-14/h3-8,11,13H,9-10H2,1-2H3,(H,26,27). The van der Waals surface area contributed by atoms with Crippen molar-refractivity contribution in [2.45, 2.75) is 29.4 Å². The van der Waals surface area contributed by atoms with Crippen LogP contribution in [0.4, 0.5) is 0 Å². The minimum Gasteiger partial charge on any atom is -0.492 e. The van der Waals surface area contributed by atoms with Crippen LogP contribution >= 0.6 is 34.7 Å². The summed E-state index contributed by atoms with van der Waals surface area (Å²) in [7, 11) is 0. The number of carboxylic acid groups (broad SMARTS) is 1. The zero-order valence-corrected chi connectivity index (χ0v) is 18.8. The van der Waals surface area contributed by atoms with E-state index in [1.54, 1.807) is 26.0 Å². The summed E-state index contributed by atoms with van der Waals surface area (Å²) in [6, 6.07) is 15.1. The number of hydrogen-bond acceptors (Lipinski definition) is 6. The normalized spacial score (nSPS) is 11.1. The molecule has 8 heteroatoms. The summed E-state index contributed by atoms with van der Waals surface area (Å²) < 4.78 is 5.59. The van der Waals surface area contributed by atoms with Gasteiger partial charge in [-0.15, -0.1) is 11.3 Å². The molecular weight excluding hydrogens is 440 g/mol. The van der Waals surface area contributed by atoms with Crippen LogP contribution in [0.1, 0.15) is 25.1 Å². The lowest BCUT2D eigenvalue weighted by atomic mass is 10.0. The van der Waals surface area contributed by atoms with Gasteiger partial charge in [0.25, 0.3) is 0 Å². The van der Waals surface area contributed by atoms with Crippen LogP contribution in [0.15, 0.2) is 52.2 Å². The van der Waals surface area contributed by atoms with Crippen molar-refractivity contribution in [3.8, 4) is 22.9 Å². The Labute approximate surface area is 188 Å². The Bertz CT molecular complexity index is 1090. The molecule has 2 aromatic carbocycles.